The van der Waals surface area contributed by atoms with E-state index in [9.17, 15) is 0 Å². The Kier molecular flexibility index (Phi) is 4.73. The molecule has 3 nitrogen and oxygen atoms in total. The lowest BCUT2D eigenvalue weighted by atomic mass is 9.91. The van der Waals surface area contributed by atoms with Crippen LogP contribution >= 0.6 is 0 Å². The van der Waals surface area contributed by atoms with Crippen molar-refractivity contribution in [3.05, 3.63) is 53.6 Å². The highest BCUT2D eigenvalue weighted by Gasteiger charge is 2.22. The molecule has 1 unspecified atom stereocenters. The minimum absolute atomic E-state index is 0.207. The van der Waals surface area contributed by atoms with Crippen LogP contribution in [0.3, 0.4) is 0 Å². The van der Waals surface area contributed by atoms with Crippen molar-refractivity contribution in [2.45, 2.75) is 5.92 Å². The molecule has 0 spiro atoms. The first-order chi connectivity index (χ1) is 10.3. The average Bonchev–Trinajstić information content (AvgIpc) is 2.55. The maximum atomic E-state index is 5.74. The summed E-state index contributed by atoms with van der Waals surface area (Å²) in [5, 5.41) is 0. The summed E-state index contributed by atoms with van der Waals surface area (Å²) >= 11 is 0. The predicted octanol–water partition coefficient (Wildman–Crippen LogP) is 3.48. The van der Waals surface area contributed by atoms with Crippen LogP contribution in [0.5, 0.6) is 17.2 Å². The molecule has 0 bridgehead atoms. The van der Waals surface area contributed by atoms with Crippen molar-refractivity contribution in [2.24, 2.45) is 0 Å². The third kappa shape index (κ3) is 2.80. The molecule has 0 saturated carbocycles. The summed E-state index contributed by atoms with van der Waals surface area (Å²) in [7, 11) is 4.77. The highest BCUT2D eigenvalue weighted by atomic mass is 16.5. The van der Waals surface area contributed by atoms with Gasteiger partial charge in [-0.3, -0.25) is 0 Å². The van der Waals surface area contributed by atoms with Crippen LogP contribution in [-0.2, 0) is 0 Å². The average molecular weight is 282 g/mol. The molecule has 2 aromatic carbocycles. The molecule has 0 aliphatic rings. The van der Waals surface area contributed by atoms with Gasteiger partial charge in [0.05, 0.1) is 27.2 Å². The van der Waals surface area contributed by atoms with Gasteiger partial charge in [-0.15, -0.1) is 6.42 Å². The zero-order chi connectivity index (χ0) is 15.2. The molecule has 2 rings (SSSR count). The van der Waals surface area contributed by atoms with E-state index in [1.807, 2.05) is 42.5 Å². The van der Waals surface area contributed by atoms with Crippen LogP contribution in [0.2, 0.25) is 0 Å². The molecule has 0 aliphatic carbocycles. The Bertz CT molecular complexity index is 642. The summed E-state index contributed by atoms with van der Waals surface area (Å²) in [5.41, 5.74) is 1.91. The normalized spacial score (nSPS) is 11.3. The molecule has 0 heterocycles. The molecular weight excluding hydrogens is 264 g/mol. The molecule has 1 atom stereocenters. The van der Waals surface area contributed by atoms with Crippen molar-refractivity contribution in [3.63, 3.8) is 0 Å². The Hall–Kier alpha value is -2.60. The summed E-state index contributed by atoms with van der Waals surface area (Å²) in [6, 6.07) is 13.6. The number of rotatable bonds is 5. The topological polar surface area (TPSA) is 27.7 Å². The van der Waals surface area contributed by atoms with Crippen molar-refractivity contribution in [3.8, 4) is 29.6 Å². The lowest BCUT2D eigenvalue weighted by molar-refractivity contribution is 0.322. The highest BCUT2D eigenvalue weighted by molar-refractivity contribution is 5.59. The van der Waals surface area contributed by atoms with Crippen LogP contribution < -0.4 is 14.2 Å². The van der Waals surface area contributed by atoms with Gasteiger partial charge in [-0.05, 0) is 17.7 Å². The van der Waals surface area contributed by atoms with E-state index in [4.69, 9.17) is 20.6 Å². The predicted molar refractivity (Wildman–Crippen MR) is 83.2 cm³/mol. The molecular formula is C18H18O3. The molecule has 0 fully saturated rings. The first kappa shape index (κ1) is 14.8. The van der Waals surface area contributed by atoms with Gasteiger partial charge in [0, 0.05) is 5.56 Å². The van der Waals surface area contributed by atoms with Crippen molar-refractivity contribution < 1.29 is 14.2 Å². The number of hydrogen-bond acceptors (Lipinski definition) is 3. The van der Waals surface area contributed by atoms with Crippen LogP contribution in [0.1, 0.15) is 17.0 Å². The second kappa shape index (κ2) is 6.71. The van der Waals surface area contributed by atoms with E-state index in [1.165, 1.54) is 0 Å². The summed E-state index contributed by atoms with van der Waals surface area (Å²) in [4.78, 5) is 0. The Morgan fingerprint density at radius 2 is 1.52 bits per heavy atom. The Morgan fingerprint density at radius 3 is 2.05 bits per heavy atom. The third-order valence-electron chi connectivity index (χ3n) is 3.35. The number of terminal acetylenes is 1. The zero-order valence-electron chi connectivity index (χ0n) is 12.4. The summed E-state index contributed by atoms with van der Waals surface area (Å²) in [6.45, 7) is 0. The molecule has 0 aliphatic heterocycles. The maximum Gasteiger partial charge on any atom is 0.203 e. The van der Waals surface area contributed by atoms with Crippen LogP contribution in [0.25, 0.3) is 0 Å². The Labute approximate surface area is 125 Å². The van der Waals surface area contributed by atoms with Gasteiger partial charge in [-0.1, -0.05) is 36.3 Å². The van der Waals surface area contributed by atoms with Gasteiger partial charge < -0.3 is 14.2 Å². The van der Waals surface area contributed by atoms with E-state index in [2.05, 4.69) is 5.92 Å². The summed E-state index contributed by atoms with van der Waals surface area (Å²) in [6.07, 6.45) is 5.74. The Morgan fingerprint density at radius 1 is 0.857 bits per heavy atom. The first-order valence-corrected chi connectivity index (χ1v) is 6.56. The van der Waals surface area contributed by atoms with E-state index in [1.54, 1.807) is 21.3 Å². The molecule has 0 saturated heterocycles. The molecule has 0 radical (unpaired) electrons. The fourth-order valence-electron chi connectivity index (χ4n) is 2.36. The fraction of sp³-hybridized carbons (Fsp3) is 0.222. The summed E-state index contributed by atoms with van der Waals surface area (Å²) in [5.74, 6) is 4.38. The highest BCUT2D eigenvalue weighted by Crippen LogP contribution is 2.43. The SMILES string of the molecule is C#CC(c1ccccc1)c1ccc(OC)c(OC)c1OC. The van der Waals surface area contributed by atoms with Gasteiger partial charge >= 0.3 is 0 Å². The zero-order valence-corrected chi connectivity index (χ0v) is 12.4. The number of benzene rings is 2. The molecule has 0 N–H and O–H groups in total. The van der Waals surface area contributed by atoms with Gasteiger partial charge in [0.2, 0.25) is 5.75 Å². The second-order valence-electron chi connectivity index (χ2n) is 4.43. The van der Waals surface area contributed by atoms with Crippen molar-refractivity contribution in [1.29, 1.82) is 0 Å². The van der Waals surface area contributed by atoms with E-state index in [-0.39, 0.29) is 5.92 Å². The van der Waals surface area contributed by atoms with Gasteiger partial charge in [-0.25, -0.2) is 0 Å². The maximum absolute atomic E-state index is 5.74. The van der Waals surface area contributed by atoms with Crippen LogP contribution in [0, 0.1) is 12.3 Å². The van der Waals surface area contributed by atoms with Crippen molar-refractivity contribution in [1.82, 2.24) is 0 Å². The van der Waals surface area contributed by atoms with Gasteiger partial charge in [0.15, 0.2) is 11.5 Å². The van der Waals surface area contributed by atoms with Gasteiger partial charge in [0.25, 0.3) is 0 Å². The number of hydrogen-bond donors (Lipinski definition) is 0. The Balaban J connectivity index is 2.60. The largest absolute Gasteiger partial charge is 0.493 e. The quantitative estimate of drug-likeness (QED) is 0.786. The van der Waals surface area contributed by atoms with Crippen LogP contribution in [0.15, 0.2) is 42.5 Å². The molecule has 108 valence electrons. The lowest BCUT2D eigenvalue weighted by Crippen LogP contribution is -2.04. The van der Waals surface area contributed by atoms with Crippen LogP contribution in [0.4, 0.5) is 0 Å². The van der Waals surface area contributed by atoms with Gasteiger partial charge in [-0.2, -0.15) is 0 Å². The summed E-state index contributed by atoms with van der Waals surface area (Å²) < 4.78 is 16.2. The second-order valence-corrected chi connectivity index (χ2v) is 4.43. The first-order valence-electron chi connectivity index (χ1n) is 6.56. The van der Waals surface area contributed by atoms with E-state index >= 15 is 0 Å². The third-order valence-corrected chi connectivity index (χ3v) is 3.35. The van der Waals surface area contributed by atoms with Crippen molar-refractivity contribution >= 4 is 0 Å². The monoisotopic (exact) mass is 282 g/mol. The lowest BCUT2D eigenvalue weighted by Gasteiger charge is -2.19. The number of ether oxygens (including phenoxy) is 3. The molecule has 0 amide bonds. The molecule has 3 heteroatoms. The van der Waals surface area contributed by atoms with Gasteiger partial charge in [0.1, 0.15) is 0 Å². The standard InChI is InChI=1S/C18H18O3/c1-5-14(13-9-7-6-8-10-13)15-11-12-16(19-2)18(21-4)17(15)20-3/h1,6-12,14H,2-4H3. The van der Waals surface area contributed by atoms with E-state index in [0.717, 1.165) is 11.1 Å². The minimum Gasteiger partial charge on any atom is -0.493 e. The van der Waals surface area contributed by atoms with Crippen LogP contribution in [-0.4, -0.2) is 21.3 Å². The molecule has 21 heavy (non-hydrogen) atoms. The molecule has 0 aromatic heterocycles. The molecule has 2 aromatic rings. The van der Waals surface area contributed by atoms with Crippen molar-refractivity contribution in [2.75, 3.05) is 21.3 Å². The van der Waals surface area contributed by atoms with E-state index < -0.39 is 0 Å². The fourth-order valence-corrected chi connectivity index (χ4v) is 2.36. The minimum atomic E-state index is -0.207. The smallest absolute Gasteiger partial charge is 0.203 e. The number of methoxy groups -OCH3 is 3. The van der Waals surface area contributed by atoms with E-state index in [0.29, 0.717) is 17.2 Å².